The summed E-state index contributed by atoms with van der Waals surface area (Å²) < 4.78 is 0. The van der Waals surface area contributed by atoms with Gasteiger partial charge in [-0.3, -0.25) is 9.89 Å². The largest absolute Gasteiger partial charge is 0.337 e. The average Bonchev–Trinajstić information content (AvgIpc) is 2.75. The number of rotatable bonds is 1. The maximum Gasteiger partial charge on any atom is 0.257 e. The third-order valence-corrected chi connectivity index (χ3v) is 3.31. The molecular formula is C12H16N4O. The first kappa shape index (κ1) is 11.6. The van der Waals surface area contributed by atoms with Crippen LogP contribution in [0.25, 0.3) is 0 Å². The highest BCUT2D eigenvalue weighted by atomic mass is 16.2. The number of carbonyl (C=O) groups is 1. The Hall–Kier alpha value is -1.83. The van der Waals surface area contributed by atoms with Gasteiger partial charge in [0.15, 0.2) is 0 Å². The minimum absolute atomic E-state index is 0.0302. The Morgan fingerprint density at radius 3 is 3.06 bits per heavy atom. The monoisotopic (exact) mass is 232 g/mol. The summed E-state index contributed by atoms with van der Waals surface area (Å²) in [5, 5.41) is 15.7. The zero-order chi connectivity index (χ0) is 12.5. The van der Waals surface area contributed by atoms with Gasteiger partial charge in [0.1, 0.15) is 0 Å². The van der Waals surface area contributed by atoms with Crippen molar-refractivity contribution in [2.75, 3.05) is 13.1 Å². The van der Waals surface area contributed by atoms with E-state index in [0.29, 0.717) is 12.1 Å². The van der Waals surface area contributed by atoms with Crippen LogP contribution in [0.5, 0.6) is 0 Å². The predicted molar refractivity (Wildman–Crippen MR) is 62.2 cm³/mol. The maximum atomic E-state index is 12.2. The number of nitriles is 1. The Balaban J connectivity index is 2.17. The predicted octanol–water partition coefficient (Wildman–Crippen LogP) is 1.48. The van der Waals surface area contributed by atoms with E-state index in [1.54, 1.807) is 11.1 Å². The van der Waals surface area contributed by atoms with Crippen LogP contribution in [0.4, 0.5) is 0 Å². The van der Waals surface area contributed by atoms with Crippen LogP contribution in [-0.4, -0.2) is 34.1 Å². The molecule has 1 N–H and O–H groups in total. The van der Waals surface area contributed by atoms with Crippen molar-refractivity contribution >= 4 is 5.91 Å². The standard InChI is InChI=1S/C12H16N4O/c1-9-10(6-14-15-9)11(17)16-5-3-4-12(2,7-13)8-16/h6H,3-5,8H2,1-2H3,(H,14,15). The Bertz CT molecular complexity index is 473. The van der Waals surface area contributed by atoms with E-state index < -0.39 is 5.41 Å². The molecule has 1 atom stereocenters. The SMILES string of the molecule is Cc1[nH]ncc1C(=O)N1CCCC(C)(C#N)C1. The van der Waals surface area contributed by atoms with Gasteiger partial charge < -0.3 is 4.90 Å². The molecule has 2 heterocycles. The van der Waals surface area contributed by atoms with E-state index in [2.05, 4.69) is 16.3 Å². The molecule has 1 aliphatic heterocycles. The molecule has 0 aliphatic carbocycles. The number of H-pyrrole nitrogens is 1. The lowest BCUT2D eigenvalue weighted by Gasteiger charge is -2.35. The van der Waals surface area contributed by atoms with Crippen molar-refractivity contribution in [2.45, 2.75) is 26.7 Å². The molecule has 1 aromatic heterocycles. The van der Waals surface area contributed by atoms with E-state index in [0.717, 1.165) is 25.1 Å². The fraction of sp³-hybridized carbons (Fsp3) is 0.583. The van der Waals surface area contributed by atoms with Crippen molar-refractivity contribution in [2.24, 2.45) is 5.41 Å². The summed E-state index contributed by atoms with van der Waals surface area (Å²) in [5.74, 6) is -0.0302. The van der Waals surface area contributed by atoms with E-state index >= 15 is 0 Å². The molecule has 1 aliphatic rings. The van der Waals surface area contributed by atoms with Gasteiger partial charge in [-0.15, -0.1) is 0 Å². The van der Waals surface area contributed by atoms with Gasteiger partial charge in [0, 0.05) is 18.8 Å². The van der Waals surface area contributed by atoms with Gasteiger partial charge in [0.2, 0.25) is 0 Å². The van der Waals surface area contributed by atoms with E-state index in [1.165, 1.54) is 0 Å². The first-order valence-electron chi connectivity index (χ1n) is 5.76. The Morgan fingerprint density at radius 2 is 2.47 bits per heavy atom. The number of hydrogen-bond donors (Lipinski definition) is 1. The molecule has 1 aromatic rings. The number of aromatic nitrogens is 2. The van der Waals surface area contributed by atoms with Crippen LogP contribution in [0.2, 0.25) is 0 Å². The van der Waals surface area contributed by atoms with Gasteiger partial charge in [0.05, 0.1) is 23.2 Å². The molecule has 17 heavy (non-hydrogen) atoms. The van der Waals surface area contributed by atoms with Crippen molar-refractivity contribution < 1.29 is 4.79 Å². The lowest BCUT2D eigenvalue weighted by molar-refractivity contribution is 0.0629. The van der Waals surface area contributed by atoms with E-state index in [1.807, 2.05) is 13.8 Å². The Kier molecular flexibility index (Phi) is 2.88. The molecule has 0 aromatic carbocycles. The highest BCUT2D eigenvalue weighted by Crippen LogP contribution is 2.29. The van der Waals surface area contributed by atoms with Crippen molar-refractivity contribution in [1.82, 2.24) is 15.1 Å². The molecule has 5 heteroatoms. The third kappa shape index (κ3) is 2.16. The zero-order valence-electron chi connectivity index (χ0n) is 10.2. The number of aromatic amines is 1. The minimum atomic E-state index is -0.411. The van der Waals surface area contributed by atoms with Crippen LogP contribution < -0.4 is 0 Å². The van der Waals surface area contributed by atoms with Crippen LogP contribution >= 0.6 is 0 Å². The molecule has 1 saturated heterocycles. The van der Waals surface area contributed by atoms with Crippen molar-refractivity contribution in [3.05, 3.63) is 17.5 Å². The number of carbonyl (C=O) groups excluding carboxylic acids is 1. The molecule has 1 fully saturated rings. The van der Waals surface area contributed by atoms with E-state index in [4.69, 9.17) is 5.26 Å². The van der Waals surface area contributed by atoms with Crippen molar-refractivity contribution in [3.8, 4) is 6.07 Å². The minimum Gasteiger partial charge on any atom is -0.337 e. The zero-order valence-corrected chi connectivity index (χ0v) is 10.2. The summed E-state index contributed by atoms with van der Waals surface area (Å²) in [5.41, 5.74) is 0.970. The van der Waals surface area contributed by atoms with Crippen LogP contribution in [0.15, 0.2) is 6.20 Å². The molecular weight excluding hydrogens is 216 g/mol. The highest BCUT2D eigenvalue weighted by molar-refractivity contribution is 5.95. The molecule has 1 amide bonds. The summed E-state index contributed by atoms with van der Waals surface area (Å²) in [7, 11) is 0. The number of aryl methyl sites for hydroxylation is 1. The highest BCUT2D eigenvalue weighted by Gasteiger charge is 2.34. The number of hydrogen-bond acceptors (Lipinski definition) is 3. The van der Waals surface area contributed by atoms with Gasteiger partial charge >= 0.3 is 0 Å². The molecule has 0 spiro atoms. The van der Waals surface area contributed by atoms with Crippen LogP contribution in [0.3, 0.4) is 0 Å². The summed E-state index contributed by atoms with van der Waals surface area (Å²) in [6.45, 7) is 4.97. The number of likely N-dealkylation sites (tertiary alicyclic amines) is 1. The number of nitrogens with one attached hydrogen (secondary N) is 1. The number of piperidine rings is 1. The summed E-state index contributed by atoms with van der Waals surface area (Å²) >= 11 is 0. The maximum absolute atomic E-state index is 12.2. The van der Waals surface area contributed by atoms with Crippen LogP contribution in [-0.2, 0) is 0 Å². The molecule has 1 unspecified atom stereocenters. The number of amides is 1. The average molecular weight is 232 g/mol. The smallest absolute Gasteiger partial charge is 0.257 e. The van der Waals surface area contributed by atoms with Gasteiger partial charge in [-0.25, -0.2) is 0 Å². The summed E-state index contributed by atoms with van der Waals surface area (Å²) in [6, 6.07) is 2.31. The van der Waals surface area contributed by atoms with E-state index in [-0.39, 0.29) is 5.91 Å². The van der Waals surface area contributed by atoms with Crippen molar-refractivity contribution in [3.63, 3.8) is 0 Å². The first-order valence-corrected chi connectivity index (χ1v) is 5.76. The van der Waals surface area contributed by atoms with Crippen LogP contribution in [0, 0.1) is 23.7 Å². The molecule has 0 bridgehead atoms. The van der Waals surface area contributed by atoms with E-state index in [9.17, 15) is 4.79 Å². The second kappa shape index (κ2) is 4.21. The van der Waals surface area contributed by atoms with Gasteiger partial charge in [0.25, 0.3) is 5.91 Å². The Labute approximate surface area is 100 Å². The van der Waals surface area contributed by atoms with Gasteiger partial charge in [-0.2, -0.15) is 10.4 Å². The lowest BCUT2D eigenvalue weighted by atomic mass is 9.83. The normalized spacial score (nSPS) is 24.4. The molecule has 90 valence electrons. The van der Waals surface area contributed by atoms with Crippen LogP contribution in [0.1, 0.15) is 35.8 Å². The summed E-state index contributed by atoms with van der Waals surface area (Å²) in [4.78, 5) is 14.0. The molecule has 2 rings (SSSR count). The van der Waals surface area contributed by atoms with Gasteiger partial charge in [-0.1, -0.05) is 0 Å². The first-order chi connectivity index (χ1) is 8.06. The third-order valence-electron chi connectivity index (χ3n) is 3.31. The fourth-order valence-corrected chi connectivity index (χ4v) is 2.24. The fourth-order valence-electron chi connectivity index (χ4n) is 2.24. The summed E-state index contributed by atoms with van der Waals surface area (Å²) in [6.07, 6.45) is 3.29. The quantitative estimate of drug-likeness (QED) is 0.797. The van der Waals surface area contributed by atoms with Crippen molar-refractivity contribution in [1.29, 1.82) is 5.26 Å². The second-order valence-corrected chi connectivity index (χ2v) is 4.91. The molecule has 0 radical (unpaired) electrons. The molecule has 5 nitrogen and oxygen atoms in total. The Morgan fingerprint density at radius 1 is 1.71 bits per heavy atom. The number of nitrogens with zero attached hydrogens (tertiary/aromatic N) is 3. The second-order valence-electron chi connectivity index (χ2n) is 4.91. The molecule has 0 saturated carbocycles. The lowest BCUT2D eigenvalue weighted by Crippen LogP contribution is -2.44. The topological polar surface area (TPSA) is 72.8 Å². The van der Waals surface area contributed by atoms with Gasteiger partial charge in [-0.05, 0) is 26.7 Å².